The number of ether oxygens (including phenoxy) is 1. The first-order valence-corrected chi connectivity index (χ1v) is 4.89. The number of aromatic nitrogens is 1. The summed E-state index contributed by atoms with van der Waals surface area (Å²) in [6.07, 6.45) is 0. The highest BCUT2D eigenvalue weighted by Crippen LogP contribution is 2.12. The van der Waals surface area contributed by atoms with Gasteiger partial charge >= 0.3 is 0 Å². The van der Waals surface area contributed by atoms with E-state index in [-0.39, 0.29) is 0 Å². The molecule has 0 spiro atoms. The third-order valence-electron chi connectivity index (χ3n) is 2.34. The summed E-state index contributed by atoms with van der Waals surface area (Å²) in [6.45, 7) is 3.91. The first-order valence-electron chi connectivity index (χ1n) is 4.89. The molecule has 4 heteroatoms. The summed E-state index contributed by atoms with van der Waals surface area (Å²) in [6, 6.07) is 5.97. The molecule has 2 rings (SSSR count). The van der Waals surface area contributed by atoms with Gasteiger partial charge in [-0.25, -0.2) is 4.98 Å². The third kappa shape index (κ3) is 2.02. The van der Waals surface area contributed by atoms with Crippen LogP contribution in [-0.2, 0) is 11.3 Å². The maximum atomic E-state index is 5.54. The molecule has 2 heterocycles. The number of morpholine rings is 1. The lowest BCUT2D eigenvalue weighted by atomic mass is 10.3. The number of hydrogen-bond acceptors (Lipinski definition) is 4. The summed E-state index contributed by atoms with van der Waals surface area (Å²) in [5, 5.41) is 0. The van der Waals surface area contributed by atoms with Gasteiger partial charge in [-0.2, -0.15) is 0 Å². The molecule has 1 aromatic rings. The van der Waals surface area contributed by atoms with E-state index in [2.05, 4.69) is 9.88 Å². The van der Waals surface area contributed by atoms with Gasteiger partial charge in [0.15, 0.2) is 0 Å². The monoisotopic (exact) mass is 193 g/mol. The molecule has 0 unspecified atom stereocenters. The van der Waals surface area contributed by atoms with Crippen LogP contribution in [-0.4, -0.2) is 31.3 Å². The fourth-order valence-corrected chi connectivity index (χ4v) is 1.55. The number of pyridine rings is 1. The molecule has 1 saturated heterocycles. The van der Waals surface area contributed by atoms with E-state index in [4.69, 9.17) is 10.5 Å². The van der Waals surface area contributed by atoms with Gasteiger partial charge in [0, 0.05) is 19.6 Å². The summed E-state index contributed by atoms with van der Waals surface area (Å²) in [5.74, 6) is 1.01. The average Bonchev–Trinajstić information content (AvgIpc) is 2.30. The summed E-state index contributed by atoms with van der Waals surface area (Å²) >= 11 is 0. The average molecular weight is 193 g/mol. The number of nitrogens with zero attached hydrogens (tertiary/aromatic N) is 2. The van der Waals surface area contributed by atoms with Gasteiger partial charge in [-0.05, 0) is 12.1 Å². The summed E-state index contributed by atoms with van der Waals surface area (Å²) in [5.41, 5.74) is 6.48. The standard InChI is InChI=1S/C10H15N3O/c11-8-9-2-1-3-10(12-9)13-4-6-14-7-5-13/h1-3H,4-8,11H2. The van der Waals surface area contributed by atoms with E-state index in [9.17, 15) is 0 Å². The van der Waals surface area contributed by atoms with Crippen molar-refractivity contribution in [2.45, 2.75) is 6.54 Å². The summed E-state index contributed by atoms with van der Waals surface area (Å²) in [4.78, 5) is 6.69. The van der Waals surface area contributed by atoms with Gasteiger partial charge in [-0.3, -0.25) is 0 Å². The van der Waals surface area contributed by atoms with Gasteiger partial charge < -0.3 is 15.4 Å². The molecule has 1 fully saturated rings. The minimum absolute atomic E-state index is 0.498. The predicted octanol–water partition coefficient (Wildman–Crippen LogP) is 0.377. The highest BCUT2D eigenvalue weighted by molar-refractivity contribution is 5.39. The summed E-state index contributed by atoms with van der Waals surface area (Å²) in [7, 11) is 0. The van der Waals surface area contributed by atoms with Gasteiger partial charge in [-0.1, -0.05) is 6.07 Å². The zero-order chi connectivity index (χ0) is 9.80. The Labute approximate surface area is 83.7 Å². The predicted molar refractivity (Wildman–Crippen MR) is 55.2 cm³/mol. The Kier molecular flexibility index (Phi) is 2.96. The van der Waals surface area contributed by atoms with Gasteiger partial charge in [0.2, 0.25) is 0 Å². The van der Waals surface area contributed by atoms with Crippen molar-refractivity contribution in [3.8, 4) is 0 Å². The lowest BCUT2D eigenvalue weighted by Crippen LogP contribution is -2.36. The quantitative estimate of drug-likeness (QED) is 0.737. The topological polar surface area (TPSA) is 51.4 Å². The Bertz CT molecular complexity index is 297. The lowest BCUT2D eigenvalue weighted by Gasteiger charge is -2.27. The van der Waals surface area contributed by atoms with Crippen LogP contribution in [0.1, 0.15) is 5.69 Å². The molecule has 0 atom stereocenters. The van der Waals surface area contributed by atoms with E-state index >= 15 is 0 Å². The summed E-state index contributed by atoms with van der Waals surface area (Å²) < 4.78 is 5.28. The van der Waals surface area contributed by atoms with E-state index in [0.717, 1.165) is 37.8 Å². The molecule has 1 aliphatic rings. The SMILES string of the molecule is NCc1cccc(N2CCOCC2)n1. The number of rotatable bonds is 2. The molecule has 76 valence electrons. The van der Waals surface area contributed by atoms with E-state index in [0.29, 0.717) is 6.54 Å². The van der Waals surface area contributed by atoms with Crippen LogP contribution in [0.2, 0.25) is 0 Å². The van der Waals surface area contributed by atoms with Crippen LogP contribution in [0.5, 0.6) is 0 Å². The van der Waals surface area contributed by atoms with Gasteiger partial charge in [0.1, 0.15) is 5.82 Å². The van der Waals surface area contributed by atoms with Crippen LogP contribution in [0.25, 0.3) is 0 Å². The van der Waals surface area contributed by atoms with Crippen LogP contribution in [0.3, 0.4) is 0 Å². The van der Waals surface area contributed by atoms with Gasteiger partial charge in [0.25, 0.3) is 0 Å². The highest BCUT2D eigenvalue weighted by atomic mass is 16.5. The highest BCUT2D eigenvalue weighted by Gasteiger charge is 2.11. The Morgan fingerprint density at radius 2 is 2.14 bits per heavy atom. The van der Waals surface area contributed by atoms with Crippen molar-refractivity contribution in [2.24, 2.45) is 5.73 Å². The molecule has 0 bridgehead atoms. The number of nitrogens with two attached hydrogens (primary N) is 1. The van der Waals surface area contributed by atoms with E-state index in [1.165, 1.54) is 0 Å². The first kappa shape index (κ1) is 9.43. The van der Waals surface area contributed by atoms with Crippen molar-refractivity contribution < 1.29 is 4.74 Å². The second kappa shape index (κ2) is 4.39. The lowest BCUT2D eigenvalue weighted by molar-refractivity contribution is 0.122. The molecule has 14 heavy (non-hydrogen) atoms. The second-order valence-corrected chi connectivity index (χ2v) is 3.29. The smallest absolute Gasteiger partial charge is 0.129 e. The third-order valence-corrected chi connectivity index (χ3v) is 2.34. The van der Waals surface area contributed by atoms with Crippen LogP contribution >= 0.6 is 0 Å². The minimum atomic E-state index is 0.498. The van der Waals surface area contributed by atoms with Crippen molar-refractivity contribution in [1.82, 2.24) is 4.98 Å². The van der Waals surface area contributed by atoms with E-state index in [1.807, 2.05) is 18.2 Å². The molecule has 0 saturated carbocycles. The normalized spacial score (nSPS) is 17.1. The molecule has 2 N–H and O–H groups in total. The van der Waals surface area contributed by atoms with Crippen molar-refractivity contribution in [3.63, 3.8) is 0 Å². The van der Waals surface area contributed by atoms with Crippen molar-refractivity contribution in [1.29, 1.82) is 0 Å². The Morgan fingerprint density at radius 3 is 2.86 bits per heavy atom. The fourth-order valence-electron chi connectivity index (χ4n) is 1.55. The first-order chi connectivity index (χ1) is 6.90. The number of hydrogen-bond donors (Lipinski definition) is 1. The molecular weight excluding hydrogens is 178 g/mol. The van der Waals surface area contributed by atoms with Gasteiger partial charge in [-0.15, -0.1) is 0 Å². The molecule has 0 aromatic carbocycles. The second-order valence-electron chi connectivity index (χ2n) is 3.29. The minimum Gasteiger partial charge on any atom is -0.378 e. The number of anilines is 1. The Balaban J connectivity index is 2.13. The Hall–Kier alpha value is -1.13. The zero-order valence-corrected chi connectivity index (χ0v) is 8.15. The van der Waals surface area contributed by atoms with Crippen molar-refractivity contribution >= 4 is 5.82 Å². The largest absolute Gasteiger partial charge is 0.378 e. The molecule has 1 aromatic heterocycles. The zero-order valence-electron chi connectivity index (χ0n) is 8.15. The van der Waals surface area contributed by atoms with Crippen molar-refractivity contribution in [3.05, 3.63) is 23.9 Å². The Morgan fingerprint density at radius 1 is 1.36 bits per heavy atom. The fraction of sp³-hybridized carbons (Fsp3) is 0.500. The maximum Gasteiger partial charge on any atom is 0.129 e. The van der Waals surface area contributed by atoms with E-state index in [1.54, 1.807) is 0 Å². The van der Waals surface area contributed by atoms with Crippen LogP contribution < -0.4 is 10.6 Å². The molecule has 0 radical (unpaired) electrons. The molecular formula is C10H15N3O. The van der Waals surface area contributed by atoms with Gasteiger partial charge in [0.05, 0.1) is 18.9 Å². The molecule has 4 nitrogen and oxygen atoms in total. The van der Waals surface area contributed by atoms with Crippen LogP contribution in [0.4, 0.5) is 5.82 Å². The van der Waals surface area contributed by atoms with E-state index < -0.39 is 0 Å². The molecule has 1 aliphatic heterocycles. The van der Waals surface area contributed by atoms with Crippen molar-refractivity contribution in [2.75, 3.05) is 31.2 Å². The van der Waals surface area contributed by atoms with Crippen LogP contribution in [0.15, 0.2) is 18.2 Å². The molecule has 0 amide bonds. The molecule has 0 aliphatic carbocycles. The van der Waals surface area contributed by atoms with Crippen LogP contribution in [0, 0.1) is 0 Å². The maximum absolute atomic E-state index is 5.54.